The molecular weight excluding hydrogens is 454 g/mol. The molecule has 2 heterocycles. The second-order valence-corrected chi connectivity index (χ2v) is 8.72. The average molecular weight is 480 g/mol. The molecule has 0 saturated carbocycles. The van der Waals surface area contributed by atoms with Gasteiger partial charge in [-0.1, -0.05) is 72.3 Å². The number of ketones is 1. The fraction of sp³-hybridized carbons (Fsp3) is 0.133. The van der Waals surface area contributed by atoms with Gasteiger partial charge in [-0.25, -0.2) is 0 Å². The lowest BCUT2D eigenvalue weighted by atomic mass is 9.95. The Labute approximate surface area is 209 Å². The van der Waals surface area contributed by atoms with Crippen LogP contribution in [0.15, 0.2) is 107 Å². The first-order valence-corrected chi connectivity index (χ1v) is 11.7. The second kappa shape index (κ2) is 9.96. The Morgan fingerprint density at radius 3 is 2.44 bits per heavy atom. The van der Waals surface area contributed by atoms with Crippen LogP contribution in [0.1, 0.15) is 34.1 Å². The molecule has 4 aromatic rings. The van der Waals surface area contributed by atoms with Crippen LogP contribution in [0.2, 0.25) is 0 Å². The molecule has 1 aliphatic rings. The Bertz CT molecular complexity index is 1410. The number of amides is 1. The second-order valence-electron chi connectivity index (χ2n) is 8.72. The first-order chi connectivity index (χ1) is 17.5. The van der Waals surface area contributed by atoms with E-state index in [0.717, 1.165) is 11.1 Å². The molecule has 0 spiro atoms. The molecule has 0 bridgehead atoms. The summed E-state index contributed by atoms with van der Waals surface area (Å²) in [6.07, 6.45) is 1.52. The van der Waals surface area contributed by atoms with Crippen molar-refractivity contribution in [3.05, 3.63) is 131 Å². The Morgan fingerprint density at radius 1 is 0.944 bits per heavy atom. The summed E-state index contributed by atoms with van der Waals surface area (Å²) in [4.78, 5) is 27.8. The van der Waals surface area contributed by atoms with Gasteiger partial charge in [0.15, 0.2) is 0 Å². The molecule has 1 saturated heterocycles. The number of carbonyl (C=O) groups excluding carboxylic acids is 2. The highest BCUT2D eigenvalue weighted by Crippen LogP contribution is 2.41. The Hall–Kier alpha value is -4.58. The largest absolute Gasteiger partial charge is 0.507 e. The number of carbonyl (C=O) groups is 2. The summed E-state index contributed by atoms with van der Waals surface area (Å²) >= 11 is 0. The molecule has 1 aliphatic heterocycles. The van der Waals surface area contributed by atoms with E-state index in [1.54, 1.807) is 30.3 Å². The molecule has 1 N–H and O–H groups in total. The zero-order valence-corrected chi connectivity index (χ0v) is 19.8. The third-order valence-electron chi connectivity index (χ3n) is 6.19. The predicted octanol–water partition coefficient (Wildman–Crippen LogP) is 5.79. The molecule has 6 heteroatoms. The lowest BCUT2D eigenvalue weighted by Crippen LogP contribution is -2.29. The number of aryl methyl sites for hydroxylation is 1. The van der Waals surface area contributed by atoms with Gasteiger partial charge in [-0.05, 0) is 42.3 Å². The van der Waals surface area contributed by atoms with Crippen LogP contribution in [0, 0.1) is 6.92 Å². The minimum absolute atomic E-state index is 0.0376. The Morgan fingerprint density at radius 2 is 1.72 bits per heavy atom. The number of nitrogens with zero attached hydrogens (tertiary/aromatic N) is 1. The summed E-state index contributed by atoms with van der Waals surface area (Å²) in [5, 5.41) is 11.2. The first kappa shape index (κ1) is 23.2. The maximum Gasteiger partial charge on any atom is 0.296 e. The molecule has 1 fully saturated rings. The fourth-order valence-corrected chi connectivity index (χ4v) is 4.34. The average Bonchev–Trinajstić information content (AvgIpc) is 3.51. The van der Waals surface area contributed by atoms with Gasteiger partial charge >= 0.3 is 0 Å². The van der Waals surface area contributed by atoms with Crippen LogP contribution in [0.4, 0.5) is 0 Å². The smallest absolute Gasteiger partial charge is 0.296 e. The van der Waals surface area contributed by atoms with Crippen LogP contribution in [0.3, 0.4) is 0 Å². The van der Waals surface area contributed by atoms with Gasteiger partial charge in [-0.3, -0.25) is 9.59 Å². The number of ether oxygens (including phenoxy) is 1. The van der Waals surface area contributed by atoms with E-state index in [1.807, 2.05) is 67.6 Å². The summed E-state index contributed by atoms with van der Waals surface area (Å²) in [5.74, 6) is -0.513. The first-order valence-electron chi connectivity index (χ1n) is 11.7. The maximum absolute atomic E-state index is 13.2. The van der Waals surface area contributed by atoms with Crippen molar-refractivity contribution in [2.75, 3.05) is 0 Å². The molecule has 1 atom stereocenters. The van der Waals surface area contributed by atoms with Crippen LogP contribution in [0.25, 0.3) is 5.76 Å². The zero-order valence-electron chi connectivity index (χ0n) is 19.8. The molecule has 1 unspecified atom stereocenters. The van der Waals surface area contributed by atoms with E-state index in [1.165, 1.54) is 11.2 Å². The van der Waals surface area contributed by atoms with Gasteiger partial charge in [-0.2, -0.15) is 0 Å². The van der Waals surface area contributed by atoms with Gasteiger partial charge in [0.1, 0.15) is 23.9 Å². The van der Waals surface area contributed by atoms with Crippen molar-refractivity contribution >= 4 is 17.4 Å². The van der Waals surface area contributed by atoms with Gasteiger partial charge in [0.2, 0.25) is 0 Å². The number of rotatable bonds is 7. The van der Waals surface area contributed by atoms with Gasteiger partial charge in [0.05, 0.1) is 24.4 Å². The van der Waals surface area contributed by atoms with Crippen LogP contribution >= 0.6 is 0 Å². The van der Waals surface area contributed by atoms with E-state index in [4.69, 9.17) is 9.15 Å². The van der Waals surface area contributed by atoms with Crippen LogP contribution in [-0.4, -0.2) is 21.7 Å². The topological polar surface area (TPSA) is 80.0 Å². The summed E-state index contributed by atoms with van der Waals surface area (Å²) in [7, 11) is 0. The summed E-state index contributed by atoms with van der Waals surface area (Å²) in [6.45, 7) is 2.40. The van der Waals surface area contributed by atoms with E-state index in [9.17, 15) is 14.7 Å². The Kier molecular flexibility index (Phi) is 6.41. The molecule has 1 aromatic heterocycles. The number of furan rings is 1. The van der Waals surface area contributed by atoms with Crippen molar-refractivity contribution in [2.24, 2.45) is 0 Å². The predicted molar refractivity (Wildman–Crippen MR) is 135 cm³/mol. The number of hydrogen-bond acceptors (Lipinski definition) is 5. The van der Waals surface area contributed by atoms with E-state index >= 15 is 0 Å². The van der Waals surface area contributed by atoms with E-state index in [-0.39, 0.29) is 17.9 Å². The van der Waals surface area contributed by atoms with Gasteiger partial charge in [-0.15, -0.1) is 0 Å². The van der Waals surface area contributed by atoms with E-state index in [2.05, 4.69) is 0 Å². The van der Waals surface area contributed by atoms with Gasteiger partial charge in [0, 0.05) is 5.56 Å². The quantitative estimate of drug-likeness (QED) is 0.206. The lowest BCUT2D eigenvalue weighted by molar-refractivity contribution is -0.140. The highest BCUT2D eigenvalue weighted by molar-refractivity contribution is 6.46. The van der Waals surface area contributed by atoms with Crippen molar-refractivity contribution in [1.82, 2.24) is 4.90 Å². The molecule has 5 rings (SSSR count). The monoisotopic (exact) mass is 479 g/mol. The molecule has 6 nitrogen and oxygen atoms in total. The number of benzene rings is 3. The van der Waals surface area contributed by atoms with Crippen LogP contribution < -0.4 is 4.74 Å². The van der Waals surface area contributed by atoms with Gasteiger partial charge in [0.25, 0.3) is 11.7 Å². The van der Waals surface area contributed by atoms with E-state index < -0.39 is 17.7 Å². The van der Waals surface area contributed by atoms with Crippen molar-refractivity contribution in [2.45, 2.75) is 26.1 Å². The molecule has 3 aromatic carbocycles. The molecule has 1 amide bonds. The fourth-order valence-electron chi connectivity index (χ4n) is 4.34. The standard InChI is InChI=1S/C30H25NO5/c1-20-12-14-22(15-13-20)28(32)26-27(31(30(34)29(26)33)18-25-11-6-16-35-25)23-9-5-10-24(17-23)36-19-21-7-3-2-4-8-21/h2-17,27,32H,18-19H2,1H3/b28-26+. The number of aliphatic hydroxyl groups excluding tert-OH is 1. The molecule has 0 aliphatic carbocycles. The normalized spacial score (nSPS) is 16.9. The van der Waals surface area contributed by atoms with Crippen molar-refractivity contribution in [1.29, 1.82) is 0 Å². The molecule has 36 heavy (non-hydrogen) atoms. The highest BCUT2D eigenvalue weighted by atomic mass is 16.5. The maximum atomic E-state index is 13.2. The molecular formula is C30H25NO5. The van der Waals surface area contributed by atoms with Crippen molar-refractivity contribution in [3.8, 4) is 5.75 Å². The molecule has 180 valence electrons. The van der Waals surface area contributed by atoms with Gasteiger partial charge < -0.3 is 19.2 Å². The minimum Gasteiger partial charge on any atom is -0.507 e. The lowest BCUT2D eigenvalue weighted by Gasteiger charge is -2.25. The number of likely N-dealkylation sites (tertiary alicyclic amines) is 1. The molecule has 0 radical (unpaired) electrons. The number of Topliss-reactive ketones (excluding diaryl/α,β-unsaturated/α-hetero) is 1. The highest BCUT2D eigenvalue weighted by Gasteiger charge is 2.46. The SMILES string of the molecule is Cc1ccc(/C(O)=C2\C(=O)C(=O)N(Cc3ccco3)C2c2cccc(OCc3ccccc3)c2)cc1. The van der Waals surface area contributed by atoms with Crippen molar-refractivity contribution < 1.29 is 23.8 Å². The Balaban J connectivity index is 1.55. The third-order valence-corrected chi connectivity index (χ3v) is 6.19. The van der Waals surface area contributed by atoms with Crippen LogP contribution in [-0.2, 0) is 22.7 Å². The van der Waals surface area contributed by atoms with E-state index in [0.29, 0.717) is 29.2 Å². The summed E-state index contributed by atoms with van der Waals surface area (Å²) < 4.78 is 11.5. The van der Waals surface area contributed by atoms with Crippen molar-refractivity contribution in [3.63, 3.8) is 0 Å². The minimum atomic E-state index is -0.809. The number of aliphatic hydroxyl groups is 1. The van der Waals surface area contributed by atoms with Crippen LogP contribution in [0.5, 0.6) is 5.75 Å². The summed E-state index contributed by atoms with van der Waals surface area (Å²) in [5.41, 5.74) is 3.20. The number of hydrogen-bond donors (Lipinski definition) is 1. The zero-order chi connectivity index (χ0) is 25.1. The third kappa shape index (κ3) is 4.66. The summed E-state index contributed by atoms with van der Waals surface area (Å²) in [6, 6.07) is 26.9.